The lowest BCUT2D eigenvalue weighted by Gasteiger charge is -2.09. The summed E-state index contributed by atoms with van der Waals surface area (Å²) >= 11 is 6.28. The minimum atomic E-state index is -0.489. The summed E-state index contributed by atoms with van der Waals surface area (Å²) in [7, 11) is 0. The highest BCUT2D eigenvalue weighted by molar-refractivity contribution is 9.10. The maximum absolute atomic E-state index is 13.3. The third-order valence-electron chi connectivity index (χ3n) is 3.31. The van der Waals surface area contributed by atoms with Gasteiger partial charge in [0.1, 0.15) is 17.7 Å². The molecule has 0 aliphatic heterocycles. The largest absolute Gasteiger partial charge is 0.321 e. The fourth-order valence-electron chi connectivity index (χ4n) is 1.88. The van der Waals surface area contributed by atoms with Gasteiger partial charge in [-0.3, -0.25) is 0 Å². The van der Waals surface area contributed by atoms with Gasteiger partial charge in [-0.2, -0.15) is 5.26 Å². The number of nitrogens with zero attached hydrogens (tertiary/aromatic N) is 1. The molecule has 1 aliphatic carbocycles. The zero-order valence-electron chi connectivity index (χ0n) is 11.4. The molecule has 1 fully saturated rings. The van der Waals surface area contributed by atoms with Crippen molar-refractivity contribution in [2.24, 2.45) is 5.73 Å². The van der Waals surface area contributed by atoms with Crippen LogP contribution >= 0.6 is 31.9 Å². The molecule has 0 spiro atoms. The summed E-state index contributed by atoms with van der Waals surface area (Å²) in [5.41, 5.74) is 6.21. The Morgan fingerprint density at radius 3 is 1.88 bits per heavy atom. The van der Waals surface area contributed by atoms with Crippen LogP contribution in [0.2, 0.25) is 0 Å². The van der Waals surface area contributed by atoms with E-state index in [-0.39, 0.29) is 31.8 Å². The number of halogens is 4. The first-order valence-corrected chi connectivity index (χ1v) is 8.04. The Balaban J connectivity index is 0.000000413. The lowest BCUT2D eigenvalue weighted by molar-refractivity contribution is 0.577. The van der Waals surface area contributed by atoms with Gasteiger partial charge >= 0.3 is 0 Å². The molecule has 130 valence electrons. The van der Waals surface area contributed by atoms with Crippen molar-refractivity contribution in [3.63, 3.8) is 0 Å². The Labute approximate surface area is 158 Å². The standard InChI is InChI=1S/C9H9BrFN.C7H3BrFN.2CH4/c10-6-1-2-7(8(11)5-6)9(12)3-4-9;8-6-2-1-5(4-10)7(9)3-6;;/h1-2,5H,3-4,12H2;1-3H;2*1H4. The maximum atomic E-state index is 13.3. The molecule has 0 aromatic heterocycles. The number of nitriles is 1. The Kier molecular flexibility index (Phi) is 8.76. The minimum absolute atomic E-state index is 0. The SMILES string of the molecule is C.C.N#Cc1ccc(Br)cc1F.NC1(c2ccc(Br)cc2F)CC1. The van der Waals surface area contributed by atoms with Gasteiger partial charge < -0.3 is 5.73 Å². The predicted molar refractivity (Wildman–Crippen MR) is 101 cm³/mol. The molecular formula is C18H20Br2F2N2. The van der Waals surface area contributed by atoms with Crippen molar-refractivity contribution in [1.82, 2.24) is 0 Å². The summed E-state index contributed by atoms with van der Waals surface area (Å²) in [6.45, 7) is 0. The van der Waals surface area contributed by atoms with Gasteiger partial charge in [0.25, 0.3) is 0 Å². The Morgan fingerprint density at radius 2 is 1.46 bits per heavy atom. The Hall–Kier alpha value is -1.29. The second-order valence-corrected chi connectivity index (χ2v) is 6.85. The van der Waals surface area contributed by atoms with Gasteiger partial charge in [-0.25, -0.2) is 8.78 Å². The van der Waals surface area contributed by atoms with Crippen LogP contribution in [0.15, 0.2) is 45.3 Å². The van der Waals surface area contributed by atoms with Crippen LogP contribution in [0.3, 0.4) is 0 Å². The van der Waals surface area contributed by atoms with Crippen LogP contribution in [-0.2, 0) is 5.54 Å². The van der Waals surface area contributed by atoms with E-state index in [4.69, 9.17) is 11.0 Å². The smallest absolute Gasteiger partial charge is 0.142 e. The average Bonchev–Trinajstić information content (AvgIpc) is 3.18. The van der Waals surface area contributed by atoms with Crippen LogP contribution in [0.4, 0.5) is 8.78 Å². The van der Waals surface area contributed by atoms with E-state index in [1.165, 1.54) is 18.2 Å². The highest BCUT2D eigenvalue weighted by Gasteiger charge is 2.41. The quantitative estimate of drug-likeness (QED) is 0.544. The highest BCUT2D eigenvalue weighted by atomic mass is 79.9. The topological polar surface area (TPSA) is 49.8 Å². The molecule has 1 aliphatic rings. The maximum Gasteiger partial charge on any atom is 0.142 e. The molecule has 0 amide bonds. The van der Waals surface area contributed by atoms with Crippen molar-refractivity contribution in [2.45, 2.75) is 33.2 Å². The van der Waals surface area contributed by atoms with Crippen molar-refractivity contribution in [3.8, 4) is 6.07 Å². The fourth-order valence-corrected chi connectivity index (χ4v) is 2.54. The minimum Gasteiger partial charge on any atom is -0.321 e. The fraction of sp³-hybridized carbons (Fsp3) is 0.278. The lowest BCUT2D eigenvalue weighted by Crippen LogP contribution is -2.20. The molecule has 3 rings (SSSR count). The van der Waals surface area contributed by atoms with Crippen LogP contribution in [-0.4, -0.2) is 0 Å². The van der Waals surface area contributed by atoms with Crippen LogP contribution < -0.4 is 5.73 Å². The molecule has 0 bridgehead atoms. The van der Waals surface area contributed by atoms with Crippen LogP contribution in [0.25, 0.3) is 0 Å². The van der Waals surface area contributed by atoms with Crippen molar-refractivity contribution in [1.29, 1.82) is 5.26 Å². The first kappa shape index (κ1) is 22.7. The van der Waals surface area contributed by atoms with E-state index in [2.05, 4.69) is 31.9 Å². The molecule has 0 saturated heterocycles. The molecule has 2 aromatic rings. The number of rotatable bonds is 1. The Bertz CT molecular complexity index is 738. The summed E-state index contributed by atoms with van der Waals surface area (Å²) in [5.74, 6) is -0.693. The van der Waals surface area contributed by atoms with Crippen molar-refractivity contribution in [2.75, 3.05) is 0 Å². The van der Waals surface area contributed by atoms with E-state index < -0.39 is 5.82 Å². The van der Waals surface area contributed by atoms with Crippen LogP contribution in [0, 0.1) is 23.0 Å². The molecule has 6 heteroatoms. The third kappa shape index (κ3) is 5.66. The lowest BCUT2D eigenvalue weighted by atomic mass is 10.1. The average molecular weight is 462 g/mol. The Morgan fingerprint density at radius 1 is 0.958 bits per heavy atom. The van der Waals surface area contributed by atoms with Crippen LogP contribution in [0.1, 0.15) is 38.8 Å². The summed E-state index contributed by atoms with van der Waals surface area (Å²) in [4.78, 5) is 0. The highest BCUT2D eigenvalue weighted by Crippen LogP contribution is 2.43. The normalized spacial score (nSPS) is 13.3. The van der Waals surface area contributed by atoms with Gasteiger partial charge in [0, 0.05) is 20.0 Å². The first-order valence-electron chi connectivity index (χ1n) is 6.45. The second-order valence-electron chi connectivity index (χ2n) is 5.02. The van der Waals surface area contributed by atoms with Gasteiger partial charge in [-0.05, 0) is 43.2 Å². The molecule has 1 saturated carbocycles. The molecule has 0 heterocycles. The monoisotopic (exact) mass is 460 g/mol. The van der Waals surface area contributed by atoms with Gasteiger partial charge in [0.2, 0.25) is 0 Å². The first-order chi connectivity index (χ1) is 10.4. The van der Waals surface area contributed by atoms with E-state index in [0.717, 1.165) is 17.3 Å². The number of hydrogen-bond acceptors (Lipinski definition) is 2. The molecule has 2 nitrogen and oxygen atoms in total. The summed E-state index contributed by atoms with van der Waals surface area (Å²) in [6, 6.07) is 11.1. The van der Waals surface area contributed by atoms with E-state index >= 15 is 0 Å². The number of benzene rings is 2. The molecular weight excluding hydrogens is 442 g/mol. The summed E-state index contributed by atoms with van der Waals surface area (Å²) in [6.07, 6.45) is 1.79. The predicted octanol–water partition coefficient (Wildman–Crippen LogP) is 6.27. The van der Waals surface area contributed by atoms with E-state index in [1.807, 2.05) is 6.07 Å². The molecule has 24 heavy (non-hydrogen) atoms. The summed E-state index contributed by atoms with van der Waals surface area (Å²) < 4.78 is 27.3. The summed E-state index contributed by atoms with van der Waals surface area (Å²) in [5, 5.41) is 8.30. The van der Waals surface area contributed by atoms with E-state index in [9.17, 15) is 8.78 Å². The molecule has 2 N–H and O–H groups in total. The zero-order valence-corrected chi connectivity index (χ0v) is 14.6. The molecule has 0 radical (unpaired) electrons. The molecule has 0 atom stereocenters. The zero-order chi connectivity index (χ0) is 16.3. The molecule has 0 unspecified atom stereocenters. The van der Waals surface area contributed by atoms with Crippen LogP contribution in [0.5, 0.6) is 0 Å². The number of hydrogen-bond donors (Lipinski definition) is 1. The second kappa shape index (κ2) is 9.26. The van der Waals surface area contributed by atoms with E-state index in [0.29, 0.717) is 10.0 Å². The van der Waals surface area contributed by atoms with Crippen molar-refractivity contribution >= 4 is 31.9 Å². The van der Waals surface area contributed by atoms with Gasteiger partial charge in [0.05, 0.1) is 5.56 Å². The van der Waals surface area contributed by atoms with Gasteiger partial charge in [0.15, 0.2) is 0 Å². The number of nitrogens with two attached hydrogens (primary N) is 1. The van der Waals surface area contributed by atoms with E-state index in [1.54, 1.807) is 18.2 Å². The van der Waals surface area contributed by atoms with Gasteiger partial charge in [-0.15, -0.1) is 0 Å². The third-order valence-corrected chi connectivity index (χ3v) is 4.29. The van der Waals surface area contributed by atoms with Gasteiger partial charge in [-0.1, -0.05) is 52.8 Å². The molecule has 2 aromatic carbocycles. The van der Waals surface area contributed by atoms with Crippen molar-refractivity contribution < 1.29 is 8.78 Å². The van der Waals surface area contributed by atoms with Crippen molar-refractivity contribution in [3.05, 3.63) is 68.1 Å².